The van der Waals surface area contributed by atoms with E-state index in [1.54, 1.807) is 12.1 Å². The van der Waals surface area contributed by atoms with Gasteiger partial charge in [-0.2, -0.15) is 0 Å². The van der Waals surface area contributed by atoms with E-state index in [1.165, 1.54) is 0 Å². The van der Waals surface area contributed by atoms with Crippen molar-refractivity contribution in [2.75, 3.05) is 0 Å². The van der Waals surface area contributed by atoms with Gasteiger partial charge in [0.2, 0.25) is 5.88 Å². The maximum Gasteiger partial charge on any atom is 0.307 e. The zero-order valence-corrected chi connectivity index (χ0v) is 17.8. The predicted molar refractivity (Wildman–Crippen MR) is 126 cm³/mol. The van der Waals surface area contributed by atoms with Crippen LogP contribution in [0.5, 0.6) is 11.6 Å². The first kappa shape index (κ1) is 21.3. The number of aromatic nitrogens is 1. The Hall–Kier alpha value is -3.96. The van der Waals surface area contributed by atoms with Gasteiger partial charge in [0.05, 0.1) is 12.1 Å². The lowest BCUT2D eigenvalue weighted by Crippen LogP contribution is -2.02. The molecule has 5 nitrogen and oxygen atoms in total. The molecule has 3 N–H and O–H groups in total. The molecule has 0 saturated heterocycles. The molecule has 4 aromatic rings. The second kappa shape index (κ2) is 9.45. The van der Waals surface area contributed by atoms with Crippen LogP contribution in [0.25, 0.3) is 22.4 Å². The van der Waals surface area contributed by atoms with Crippen LogP contribution >= 0.6 is 0 Å². The number of pyridine rings is 1. The SMILES string of the molecule is Cc1cc(Oc2cccc(-c3ccccc3CC(=O)O)n2)cc(-c2cccc(CN)c2)c1. The number of carboxylic acids is 1. The minimum absolute atomic E-state index is 0.0635. The molecule has 0 unspecified atom stereocenters. The van der Waals surface area contributed by atoms with Crippen LogP contribution < -0.4 is 10.5 Å². The molecule has 32 heavy (non-hydrogen) atoms. The summed E-state index contributed by atoms with van der Waals surface area (Å²) in [6.07, 6.45) is -0.0635. The van der Waals surface area contributed by atoms with Gasteiger partial charge >= 0.3 is 5.97 Å². The lowest BCUT2D eigenvalue weighted by atomic mass is 10.0. The fourth-order valence-corrected chi connectivity index (χ4v) is 3.68. The van der Waals surface area contributed by atoms with E-state index in [4.69, 9.17) is 10.5 Å². The van der Waals surface area contributed by atoms with E-state index < -0.39 is 5.97 Å². The van der Waals surface area contributed by atoms with Gasteiger partial charge in [0.15, 0.2) is 0 Å². The normalized spacial score (nSPS) is 10.7. The highest BCUT2D eigenvalue weighted by atomic mass is 16.5. The Labute approximate surface area is 187 Å². The highest BCUT2D eigenvalue weighted by Crippen LogP contribution is 2.30. The second-order valence-electron chi connectivity index (χ2n) is 7.63. The number of aliphatic carboxylic acids is 1. The minimum Gasteiger partial charge on any atom is -0.481 e. The van der Waals surface area contributed by atoms with Crippen molar-refractivity contribution in [1.29, 1.82) is 0 Å². The van der Waals surface area contributed by atoms with Crippen molar-refractivity contribution >= 4 is 5.97 Å². The molecule has 1 aromatic heterocycles. The molecular weight excluding hydrogens is 400 g/mol. The maximum absolute atomic E-state index is 11.2. The molecule has 3 aromatic carbocycles. The van der Waals surface area contributed by atoms with E-state index in [0.29, 0.717) is 29.4 Å². The highest BCUT2D eigenvalue weighted by molar-refractivity contribution is 5.75. The number of hydrogen-bond donors (Lipinski definition) is 2. The Morgan fingerprint density at radius 2 is 1.75 bits per heavy atom. The van der Waals surface area contributed by atoms with Crippen molar-refractivity contribution in [3.8, 4) is 34.0 Å². The van der Waals surface area contributed by atoms with Gasteiger partial charge < -0.3 is 15.6 Å². The third-order valence-corrected chi connectivity index (χ3v) is 5.13. The van der Waals surface area contributed by atoms with Crippen LogP contribution in [-0.4, -0.2) is 16.1 Å². The third kappa shape index (κ3) is 5.02. The molecule has 0 aliphatic carbocycles. The van der Waals surface area contributed by atoms with Crippen molar-refractivity contribution in [2.45, 2.75) is 19.9 Å². The van der Waals surface area contributed by atoms with Crippen LogP contribution in [0, 0.1) is 6.92 Å². The van der Waals surface area contributed by atoms with Gasteiger partial charge in [-0.3, -0.25) is 4.79 Å². The fourth-order valence-electron chi connectivity index (χ4n) is 3.68. The number of nitrogens with two attached hydrogens (primary N) is 1. The van der Waals surface area contributed by atoms with Gasteiger partial charge in [0, 0.05) is 18.2 Å². The van der Waals surface area contributed by atoms with Crippen molar-refractivity contribution < 1.29 is 14.6 Å². The largest absolute Gasteiger partial charge is 0.481 e. The van der Waals surface area contributed by atoms with E-state index in [9.17, 15) is 9.90 Å². The standard InChI is InChI=1S/C27H24N2O3/c1-18-12-22(20-8-4-6-19(14-20)17-28)15-23(13-18)32-26-11-5-10-25(29-26)24-9-3-2-7-21(24)16-27(30)31/h2-15H,16-17,28H2,1H3,(H,30,31). The van der Waals surface area contributed by atoms with E-state index in [0.717, 1.165) is 27.8 Å². The van der Waals surface area contributed by atoms with Crippen LogP contribution in [-0.2, 0) is 17.8 Å². The van der Waals surface area contributed by atoms with Crippen LogP contribution in [0.3, 0.4) is 0 Å². The number of nitrogens with zero attached hydrogens (tertiary/aromatic N) is 1. The van der Waals surface area contributed by atoms with Gasteiger partial charge in [-0.15, -0.1) is 0 Å². The average Bonchev–Trinajstić information content (AvgIpc) is 2.79. The monoisotopic (exact) mass is 424 g/mol. The Balaban J connectivity index is 1.65. The Kier molecular flexibility index (Phi) is 6.29. The Bertz CT molecular complexity index is 1270. The van der Waals surface area contributed by atoms with E-state index in [2.05, 4.69) is 23.2 Å². The summed E-state index contributed by atoms with van der Waals surface area (Å²) >= 11 is 0. The first-order valence-electron chi connectivity index (χ1n) is 10.4. The second-order valence-corrected chi connectivity index (χ2v) is 7.63. The zero-order chi connectivity index (χ0) is 22.5. The van der Waals surface area contributed by atoms with Crippen molar-refractivity contribution in [3.05, 3.63) is 102 Å². The molecule has 0 bridgehead atoms. The number of aryl methyl sites for hydroxylation is 1. The molecule has 0 fully saturated rings. The lowest BCUT2D eigenvalue weighted by Gasteiger charge is -2.12. The molecule has 0 radical (unpaired) electrons. The Morgan fingerprint density at radius 3 is 2.56 bits per heavy atom. The first-order valence-corrected chi connectivity index (χ1v) is 10.4. The van der Waals surface area contributed by atoms with Crippen molar-refractivity contribution in [3.63, 3.8) is 0 Å². The summed E-state index contributed by atoms with van der Waals surface area (Å²) in [6.45, 7) is 2.51. The topological polar surface area (TPSA) is 85.4 Å². The Morgan fingerprint density at radius 1 is 0.938 bits per heavy atom. The summed E-state index contributed by atoms with van der Waals surface area (Å²) in [5.41, 5.74) is 12.2. The van der Waals surface area contributed by atoms with Crippen LogP contribution in [0.4, 0.5) is 0 Å². The average molecular weight is 425 g/mol. The predicted octanol–water partition coefficient (Wildman–Crippen LogP) is 5.60. The molecule has 0 atom stereocenters. The molecule has 0 amide bonds. The van der Waals surface area contributed by atoms with E-state index in [-0.39, 0.29) is 6.42 Å². The maximum atomic E-state index is 11.2. The number of ether oxygens (including phenoxy) is 1. The summed E-state index contributed by atoms with van der Waals surface area (Å²) < 4.78 is 6.11. The summed E-state index contributed by atoms with van der Waals surface area (Å²) in [7, 11) is 0. The number of carbonyl (C=O) groups is 1. The zero-order valence-electron chi connectivity index (χ0n) is 17.8. The molecule has 0 spiro atoms. The fraction of sp³-hybridized carbons (Fsp3) is 0.111. The molecular formula is C27H24N2O3. The van der Waals surface area contributed by atoms with E-state index >= 15 is 0 Å². The number of rotatable bonds is 7. The van der Waals surface area contributed by atoms with Crippen LogP contribution in [0.2, 0.25) is 0 Å². The summed E-state index contributed by atoms with van der Waals surface area (Å²) in [6, 6.07) is 27.1. The van der Waals surface area contributed by atoms with E-state index in [1.807, 2.05) is 61.5 Å². The number of carboxylic acid groups (broad SMARTS) is 1. The van der Waals surface area contributed by atoms with Crippen molar-refractivity contribution in [1.82, 2.24) is 4.98 Å². The number of hydrogen-bond acceptors (Lipinski definition) is 4. The molecule has 4 rings (SSSR count). The van der Waals surface area contributed by atoms with Gasteiger partial charge in [-0.1, -0.05) is 54.6 Å². The third-order valence-electron chi connectivity index (χ3n) is 5.13. The molecule has 0 aliphatic heterocycles. The van der Waals surface area contributed by atoms with Gasteiger partial charge in [0.1, 0.15) is 5.75 Å². The summed E-state index contributed by atoms with van der Waals surface area (Å²) in [4.78, 5) is 15.9. The minimum atomic E-state index is -0.879. The summed E-state index contributed by atoms with van der Waals surface area (Å²) in [5.74, 6) is 0.248. The van der Waals surface area contributed by atoms with Crippen LogP contribution in [0.1, 0.15) is 16.7 Å². The van der Waals surface area contributed by atoms with Crippen molar-refractivity contribution in [2.24, 2.45) is 5.73 Å². The summed E-state index contributed by atoms with van der Waals surface area (Å²) in [5, 5.41) is 9.21. The smallest absolute Gasteiger partial charge is 0.307 e. The van der Waals surface area contributed by atoms with Gasteiger partial charge in [-0.05, 0) is 59.0 Å². The highest BCUT2D eigenvalue weighted by Gasteiger charge is 2.11. The first-order chi connectivity index (χ1) is 15.5. The van der Waals surface area contributed by atoms with Crippen LogP contribution in [0.15, 0.2) is 84.9 Å². The molecule has 0 aliphatic rings. The molecule has 5 heteroatoms. The molecule has 0 saturated carbocycles. The lowest BCUT2D eigenvalue weighted by molar-refractivity contribution is -0.136. The molecule has 1 heterocycles. The number of benzene rings is 3. The quantitative estimate of drug-likeness (QED) is 0.403. The molecule has 160 valence electrons. The van der Waals surface area contributed by atoms with Gasteiger partial charge in [-0.25, -0.2) is 4.98 Å². The van der Waals surface area contributed by atoms with Gasteiger partial charge in [0.25, 0.3) is 0 Å².